The van der Waals surface area contributed by atoms with E-state index >= 15 is 0 Å². The fourth-order valence-corrected chi connectivity index (χ4v) is 2.72. The predicted molar refractivity (Wildman–Crippen MR) is 89.4 cm³/mol. The molecule has 0 aliphatic carbocycles. The fourth-order valence-electron chi connectivity index (χ4n) is 2.72. The largest absolute Gasteiger partial charge is 0.383 e. The lowest BCUT2D eigenvalue weighted by Crippen LogP contribution is -2.20. The van der Waals surface area contributed by atoms with Crippen LogP contribution < -0.4 is 11.2 Å². The molecule has 0 unspecified atom stereocenters. The minimum atomic E-state index is -0.511. The number of aryl methyl sites for hydroxylation is 1. The number of nitrogens with two attached hydrogens (primary N) is 1. The molecule has 0 aliphatic rings. The lowest BCUT2D eigenvalue weighted by Gasteiger charge is -2.01. The third-order valence-corrected chi connectivity index (χ3v) is 3.91. The zero-order valence-electron chi connectivity index (χ0n) is 13.0. The predicted octanol–water partition coefficient (Wildman–Crippen LogP) is 0.847. The third-order valence-electron chi connectivity index (χ3n) is 3.91. The topological polar surface area (TPSA) is 148 Å². The number of pyridine rings is 1. The minimum absolute atomic E-state index is 0.0473. The van der Waals surface area contributed by atoms with Crippen LogP contribution in [0.2, 0.25) is 0 Å². The number of fused-ring (bicyclic) bond motifs is 2. The van der Waals surface area contributed by atoms with Gasteiger partial charge < -0.3 is 10.7 Å². The van der Waals surface area contributed by atoms with Gasteiger partial charge in [-0.05, 0) is 12.1 Å². The quantitative estimate of drug-likeness (QED) is 0.318. The molecule has 25 heavy (non-hydrogen) atoms. The fraction of sp³-hybridized carbons (Fsp3) is 0.133. The van der Waals surface area contributed by atoms with Crippen LogP contribution in [0.1, 0.15) is 6.42 Å². The van der Waals surface area contributed by atoms with Crippen LogP contribution in [-0.2, 0) is 11.3 Å². The van der Waals surface area contributed by atoms with Crippen LogP contribution in [0.15, 0.2) is 30.9 Å². The number of H-pyrrole nitrogens is 1. The van der Waals surface area contributed by atoms with Crippen LogP contribution in [0.5, 0.6) is 0 Å². The first-order valence-electron chi connectivity index (χ1n) is 7.51. The summed E-state index contributed by atoms with van der Waals surface area (Å²) in [7, 11) is 0. The average molecular weight is 338 g/mol. The molecule has 1 amide bonds. The van der Waals surface area contributed by atoms with E-state index in [1.807, 2.05) is 18.3 Å². The molecule has 0 spiro atoms. The van der Waals surface area contributed by atoms with Gasteiger partial charge in [0.2, 0.25) is 5.91 Å². The lowest BCUT2D eigenvalue weighted by atomic mass is 10.1. The summed E-state index contributed by atoms with van der Waals surface area (Å²) in [5, 5.41) is 14.7. The van der Waals surface area contributed by atoms with E-state index in [-0.39, 0.29) is 13.0 Å². The molecule has 4 aromatic rings. The van der Waals surface area contributed by atoms with Crippen molar-refractivity contribution in [1.29, 1.82) is 0 Å². The van der Waals surface area contributed by atoms with Crippen LogP contribution in [0.3, 0.4) is 0 Å². The standard InChI is InChI=1S/C15H14N8O2/c16-13-11-12(9-5-8-1-3-17-14(8)18-6-9)21-23(4-2-10(24)22-25)15(11)20-7-19-13/h1,3,5-7,25H,2,4H2,(H,17,18)(H,22,24)(H2,16,19,20). The van der Waals surface area contributed by atoms with Gasteiger partial charge in [0, 0.05) is 29.8 Å². The molecule has 0 bridgehead atoms. The molecule has 10 heteroatoms. The smallest absolute Gasteiger partial charge is 0.245 e. The molecule has 0 radical (unpaired) electrons. The number of hydrogen-bond donors (Lipinski definition) is 4. The Bertz CT molecular complexity index is 1080. The number of nitrogens with zero attached hydrogens (tertiary/aromatic N) is 5. The Morgan fingerprint density at radius 1 is 1.36 bits per heavy atom. The highest BCUT2D eigenvalue weighted by Crippen LogP contribution is 2.31. The Morgan fingerprint density at radius 2 is 2.24 bits per heavy atom. The van der Waals surface area contributed by atoms with Crippen LogP contribution in [0.4, 0.5) is 5.82 Å². The van der Waals surface area contributed by atoms with E-state index in [1.165, 1.54) is 6.33 Å². The molecule has 5 N–H and O–H groups in total. The molecule has 4 heterocycles. The van der Waals surface area contributed by atoms with Crippen molar-refractivity contribution in [3.8, 4) is 11.3 Å². The summed E-state index contributed by atoms with van der Waals surface area (Å²) in [5.41, 5.74) is 10.3. The van der Waals surface area contributed by atoms with Crippen molar-refractivity contribution in [2.75, 3.05) is 5.73 Å². The molecular weight excluding hydrogens is 324 g/mol. The molecule has 4 rings (SSSR count). The highest BCUT2D eigenvalue weighted by molar-refractivity contribution is 5.99. The average Bonchev–Trinajstić information content (AvgIpc) is 3.24. The summed E-state index contributed by atoms with van der Waals surface area (Å²) in [5.74, 6) is -0.213. The zero-order chi connectivity index (χ0) is 17.4. The van der Waals surface area contributed by atoms with Gasteiger partial charge in [-0.3, -0.25) is 10.0 Å². The number of nitrogens with one attached hydrogen (secondary N) is 2. The van der Waals surface area contributed by atoms with Gasteiger partial charge in [0.1, 0.15) is 23.5 Å². The Balaban J connectivity index is 1.86. The van der Waals surface area contributed by atoms with E-state index in [0.29, 0.717) is 22.5 Å². The van der Waals surface area contributed by atoms with E-state index < -0.39 is 5.91 Å². The van der Waals surface area contributed by atoms with E-state index in [2.05, 4.69) is 25.0 Å². The van der Waals surface area contributed by atoms with Crippen LogP contribution >= 0.6 is 0 Å². The number of rotatable bonds is 4. The monoisotopic (exact) mass is 338 g/mol. The molecule has 0 fully saturated rings. The number of anilines is 1. The number of amides is 1. The number of aromatic amines is 1. The Morgan fingerprint density at radius 3 is 3.08 bits per heavy atom. The molecule has 10 nitrogen and oxygen atoms in total. The first-order chi connectivity index (χ1) is 12.2. The number of hydroxylamine groups is 1. The molecule has 0 saturated carbocycles. The molecule has 0 aliphatic heterocycles. The van der Waals surface area contributed by atoms with Crippen LogP contribution in [0.25, 0.3) is 33.3 Å². The van der Waals surface area contributed by atoms with Gasteiger partial charge in [0.05, 0.1) is 11.9 Å². The van der Waals surface area contributed by atoms with Crippen molar-refractivity contribution < 1.29 is 10.0 Å². The minimum Gasteiger partial charge on any atom is -0.383 e. The summed E-state index contributed by atoms with van der Waals surface area (Å²) in [4.78, 5) is 27.0. The van der Waals surface area contributed by atoms with Crippen molar-refractivity contribution in [3.63, 3.8) is 0 Å². The first-order valence-corrected chi connectivity index (χ1v) is 7.51. The Labute approximate surface area is 140 Å². The van der Waals surface area contributed by atoms with Crippen LogP contribution in [-0.4, -0.2) is 40.8 Å². The second-order valence-electron chi connectivity index (χ2n) is 5.45. The third kappa shape index (κ3) is 2.54. The number of aromatic nitrogens is 6. The Kier molecular flexibility index (Phi) is 3.51. The molecule has 4 aromatic heterocycles. The maximum absolute atomic E-state index is 11.3. The van der Waals surface area contributed by atoms with Gasteiger partial charge in [-0.15, -0.1) is 0 Å². The van der Waals surface area contributed by atoms with Crippen molar-refractivity contribution in [2.24, 2.45) is 0 Å². The van der Waals surface area contributed by atoms with Gasteiger partial charge in [-0.1, -0.05) is 0 Å². The van der Waals surface area contributed by atoms with Gasteiger partial charge in [0.25, 0.3) is 0 Å². The summed E-state index contributed by atoms with van der Waals surface area (Å²) >= 11 is 0. The summed E-state index contributed by atoms with van der Waals surface area (Å²) < 4.78 is 1.57. The molecule has 0 aromatic carbocycles. The summed E-state index contributed by atoms with van der Waals surface area (Å²) in [6.45, 7) is 0.235. The van der Waals surface area contributed by atoms with E-state index in [4.69, 9.17) is 10.9 Å². The van der Waals surface area contributed by atoms with E-state index in [1.54, 1.807) is 16.4 Å². The van der Waals surface area contributed by atoms with Gasteiger partial charge in [-0.2, -0.15) is 5.10 Å². The summed E-state index contributed by atoms with van der Waals surface area (Å²) in [6.07, 6.45) is 4.89. The van der Waals surface area contributed by atoms with Crippen molar-refractivity contribution >= 4 is 33.8 Å². The normalized spacial score (nSPS) is 11.2. The van der Waals surface area contributed by atoms with Crippen molar-refractivity contribution in [3.05, 3.63) is 30.9 Å². The number of carbonyl (C=O) groups excluding carboxylic acids is 1. The van der Waals surface area contributed by atoms with Crippen molar-refractivity contribution in [1.82, 2.24) is 35.2 Å². The maximum Gasteiger partial charge on any atom is 0.245 e. The van der Waals surface area contributed by atoms with Gasteiger partial charge in [0.15, 0.2) is 5.65 Å². The molecular formula is C15H14N8O2. The van der Waals surface area contributed by atoms with E-state index in [9.17, 15) is 4.79 Å². The second kappa shape index (κ2) is 5.83. The molecule has 0 saturated heterocycles. The van der Waals surface area contributed by atoms with Gasteiger partial charge >= 0.3 is 0 Å². The van der Waals surface area contributed by atoms with Crippen molar-refractivity contribution in [2.45, 2.75) is 13.0 Å². The number of carbonyl (C=O) groups is 1. The molecule has 126 valence electrons. The first kappa shape index (κ1) is 15.0. The van der Waals surface area contributed by atoms with E-state index in [0.717, 1.165) is 16.6 Å². The second-order valence-corrected chi connectivity index (χ2v) is 5.45. The SMILES string of the molecule is Nc1ncnc2c1c(-c1cnc3[nH]ccc3c1)nn2CCC(=O)NO. The highest BCUT2D eigenvalue weighted by Gasteiger charge is 2.18. The zero-order valence-corrected chi connectivity index (χ0v) is 13.0. The number of nitrogen functional groups attached to an aromatic ring is 1. The van der Waals surface area contributed by atoms with Gasteiger partial charge in [-0.25, -0.2) is 25.1 Å². The number of hydrogen-bond acceptors (Lipinski definition) is 7. The maximum atomic E-state index is 11.3. The molecule has 0 atom stereocenters. The van der Waals surface area contributed by atoms with Crippen LogP contribution in [0, 0.1) is 0 Å². The highest BCUT2D eigenvalue weighted by atomic mass is 16.5. The Hall–Kier alpha value is -3.53. The summed E-state index contributed by atoms with van der Waals surface area (Å²) in [6, 6.07) is 3.86. The lowest BCUT2D eigenvalue weighted by molar-refractivity contribution is -0.129.